The van der Waals surface area contributed by atoms with Crippen LogP contribution in [-0.2, 0) is 30.4 Å². The van der Waals surface area contributed by atoms with Gasteiger partial charge < -0.3 is 39.7 Å². The molecule has 1 aliphatic rings. The number of aliphatic carboxylic acids is 1. The number of aliphatic hydroxyl groups excluding tert-OH is 3. The summed E-state index contributed by atoms with van der Waals surface area (Å²) in [4.78, 5) is 22.6. The Balaban J connectivity index is 1.90. The molecule has 1 aromatic carbocycles. The maximum Gasteiger partial charge on any atom is 0.308 e. The third-order valence-electron chi connectivity index (χ3n) is 4.39. The van der Waals surface area contributed by atoms with Crippen LogP contribution in [0.25, 0.3) is 0 Å². The number of hydrogen-bond donors (Lipinski definition) is 5. The van der Waals surface area contributed by atoms with Crippen molar-refractivity contribution >= 4 is 11.9 Å². The average Bonchev–Trinajstić information content (AvgIpc) is 2.64. The SMILES string of the molecule is C[C@](O)(CC(=O)O)CC(=O)OC[C@@H]1O[C@H](OCc2ccccc2)[C@@H](O)[C@H](O)[C@H]1O. The summed E-state index contributed by atoms with van der Waals surface area (Å²) in [6.45, 7) is 0.774. The smallest absolute Gasteiger partial charge is 0.308 e. The molecule has 2 rings (SSSR count). The molecule has 162 valence electrons. The van der Waals surface area contributed by atoms with Crippen LogP contribution >= 0.6 is 0 Å². The fraction of sp³-hybridized carbons (Fsp3) is 0.579. The average molecular weight is 414 g/mol. The maximum absolute atomic E-state index is 11.9. The van der Waals surface area contributed by atoms with Crippen LogP contribution in [0.5, 0.6) is 0 Å². The zero-order valence-electron chi connectivity index (χ0n) is 15.9. The zero-order valence-corrected chi connectivity index (χ0v) is 15.9. The predicted molar refractivity (Wildman–Crippen MR) is 96.4 cm³/mol. The highest BCUT2D eigenvalue weighted by Gasteiger charge is 2.45. The molecule has 0 saturated carbocycles. The second-order valence-corrected chi connectivity index (χ2v) is 7.24. The van der Waals surface area contributed by atoms with Crippen LogP contribution in [0.2, 0.25) is 0 Å². The van der Waals surface area contributed by atoms with Crippen molar-refractivity contribution in [3.05, 3.63) is 35.9 Å². The summed E-state index contributed by atoms with van der Waals surface area (Å²) >= 11 is 0. The fourth-order valence-corrected chi connectivity index (χ4v) is 2.87. The molecule has 29 heavy (non-hydrogen) atoms. The Bertz CT molecular complexity index is 677. The van der Waals surface area contributed by atoms with E-state index in [-0.39, 0.29) is 6.61 Å². The van der Waals surface area contributed by atoms with E-state index in [1.165, 1.54) is 6.92 Å². The van der Waals surface area contributed by atoms with E-state index < -0.39 is 67.7 Å². The summed E-state index contributed by atoms with van der Waals surface area (Å²) in [5.74, 6) is -2.18. The monoisotopic (exact) mass is 414 g/mol. The van der Waals surface area contributed by atoms with Crippen LogP contribution in [-0.4, -0.2) is 80.4 Å². The second kappa shape index (κ2) is 10.1. The number of esters is 1. The van der Waals surface area contributed by atoms with Gasteiger partial charge in [0.25, 0.3) is 0 Å². The number of rotatable bonds is 9. The van der Waals surface area contributed by atoms with Crippen LogP contribution in [0.15, 0.2) is 30.3 Å². The molecule has 0 radical (unpaired) electrons. The summed E-state index contributed by atoms with van der Waals surface area (Å²) in [5.41, 5.74) is -1.00. The largest absolute Gasteiger partial charge is 0.481 e. The van der Waals surface area contributed by atoms with Crippen molar-refractivity contribution in [1.29, 1.82) is 0 Å². The number of hydrogen-bond acceptors (Lipinski definition) is 9. The Kier molecular flexibility index (Phi) is 8.08. The highest BCUT2D eigenvalue weighted by Crippen LogP contribution is 2.24. The summed E-state index contributed by atoms with van der Waals surface area (Å²) in [7, 11) is 0. The Hall–Kier alpha value is -2.08. The van der Waals surface area contributed by atoms with Crippen LogP contribution < -0.4 is 0 Å². The van der Waals surface area contributed by atoms with Crippen molar-refractivity contribution in [2.24, 2.45) is 0 Å². The molecule has 0 aliphatic carbocycles. The molecule has 0 amide bonds. The van der Waals surface area contributed by atoms with Crippen LogP contribution in [0.3, 0.4) is 0 Å². The Morgan fingerprint density at radius 2 is 1.72 bits per heavy atom. The molecule has 6 atom stereocenters. The van der Waals surface area contributed by atoms with Crippen molar-refractivity contribution in [1.82, 2.24) is 0 Å². The lowest BCUT2D eigenvalue weighted by molar-refractivity contribution is -0.304. The van der Waals surface area contributed by atoms with Crippen molar-refractivity contribution in [2.45, 2.75) is 62.7 Å². The minimum atomic E-state index is -1.80. The van der Waals surface area contributed by atoms with Gasteiger partial charge in [0.2, 0.25) is 0 Å². The van der Waals surface area contributed by atoms with E-state index in [0.29, 0.717) is 0 Å². The van der Waals surface area contributed by atoms with Gasteiger partial charge in [-0.3, -0.25) is 9.59 Å². The normalized spacial score (nSPS) is 29.1. The number of carboxylic acid groups (broad SMARTS) is 1. The van der Waals surface area contributed by atoms with Crippen molar-refractivity contribution in [3.63, 3.8) is 0 Å². The number of carbonyl (C=O) groups is 2. The van der Waals surface area contributed by atoms with Crippen molar-refractivity contribution in [2.75, 3.05) is 6.61 Å². The molecule has 1 aromatic rings. The van der Waals surface area contributed by atoms with Gasteiger partial charge in [0.15, 0.2) is 6.29 Å². The molecule has 1 saturated heterocycles. The minimum absolute atomic E-state index is 0.0793. The molecule has 0 unspecified atom stereocenters. The van der Waals surface area contributed by atoms with Crippen molar-refractivity contribution < 1.29 is 49.3 Å². The predicted octanol–water partition coefficient (Wildman–Crippen LogP) is -0.830. The molecule has 0 aromatic heterocycles. The quantitative estimate of drug-likeness (QED) is 0.322. The Morgan fingerprint density at radius 1 is 1.07 bits per heavy atom. The Morgan fingerprint density at radius 3 is 2.34 bits per heavy atom. The first kappa shape index (κ1) is 23.2. The Labute approximate surface area is 167 Å². The topological polar surface area (TPSA) is 163 Å². The second-order valence-electron chi connectivity index (χ2n) is 7.24. The molecule has 1 heterocycles. The highest BCUT2D eigenvalue weighted by molar-refractivity contribution is 5.73. The number of benzene rings is 1. The standard InChI is InChI=1S/C19H26O10/c1-19(26,7-13(20)21)8-14(22)27-10-12-15(23)16(24)17(25)18(29-12)28-9-11-5-3-2-4-6-11/h2-6,12,15-18,23-26H,7-10H2,1H3,(H,20,21)/t12-,15-,16+,17-,18-,19-/m0/s1. The van der Waals surface area contributed by atoms with Crippen LogP contribution in [0, 0.1) is 0 Å². The van der Waals surface area contributed by atoms with E-state index >= 15 is 0 Å². The van der Waals surface area contributed by atoms with E-state index in [0.717, 1.165) is 5.56 Å². The summed E-state index contributed by atoms with van der Waals surface area (Å²) in [6.07, 6.45) is -8.35. The van der Waals surface area contributed by atoms with Gasteiger partial charge in [-0.15, -0.1) is 0 Å². The van der Waals surface area contributed by atoms with E-state index in [1.807, 2.05) is 6.07 Å². The molecular weight excluding hydrogens is 388 g/mol. The molecule has 1 aliphatic heterocycles. The van der Waals surface area contributed by atoms with Gasteiger partial charge in [-0.05, 0) is 12.5 Å². The summed E-state index contributed by atoms with van der Waals surface area (Å²) < 4.78 is 15.8. The first-order chi connectivity index (χ1) is 13.6. The third kappa shape index (κ3) is 7.03. The zero-order chi connectivity index (χ0) is 21.6. The number of carboxylic acids is 1. The fourth-order valence-electron chi connectivity index (χ4n) is 2.87. The lowest BCUT2D eigenvalue weighted by Crippen LogP contribution is -2.59. The first-order valence-electron chi connectivity index (χ1n) is 9.04. The number of carbonyl (C=O) groups excluding carboxylic acids is 1. The van der Waals surface area contributed by atoms with Gasteiger partial charge in [-0.25, -0.2) is 0 Å². The molecule has 10 heteroatoms. The van der Waals surface area contributed by atoms with Gasteiger partial charge in [0.1, 0.15) is 31.0 Å². The van der Waals surface area contributed by atoms with Gasteiger partial charge in [-0.1, -0.05) is 30.3 Å². The maximum atomic E-state index is 11.9. The molecular formula is C19H26O10. The summed E-state index contributed by atoms with van der Waals surface area (Å²) in [5, 5.41) is 48.8. The highest BCUT2D eigenvalue weighted by atomic mass is 16.7. The van der Waals surface area contributed by atoms with E-state index in [1.54, 1.807) is 24.3 Å². The van der Waals surface area contributed by atoms with E-state index in [4.69, 9.17) is 19.3 Å². The van der Waals surface area contributed by atoms with Crippen molar-refractivity contribution in [3.8, 4) is 0 Å². The number of ether oxygens (including phenoxy) is 3. The molecule has 0 bridgehead atoms. The van der Waals surface area contributed by atoms with Gasteiger partial charge in [-0.2, -0.15) is 0 Å². The van der Waals surface area contributed by atoms with Crippen LogP contribution in [0.4, 0.5) is 0 Å². The first-order valence-corrected chi connectivity index (χ1v) is 9.04. The number of aliphatic hydroxyl groups is 4. The van der Waals surface area contributed by atoms with Crippen LogP contribution in [0.1, 0.15) is 25.3 Å². The minimum Gasteiger partial charge on any atom is -0.481 e. The summed E-state index contributed by atoms with van der Waals surface area (Å²) in [6, 6.07) is 9.02. The molecule has 1 fully saturated rings. The van der Waals surface area contributed by atoms with E-state index in [9.17, 15) is 30.0 Å². The molecule has 5 N–H and O–H groups in total. The van der Waals surface area contributed by atoms with E-state index in [2.05, 4.69) is 0 Å². The lowest BCUT2D eigenvalue weighted by atomic mass is 9.98. The molecule has 0 spiro atoms. The van der Waals surface area contributed by atoms with Gasteiger partial charge >= 0.3 is 11.9 Å². The third-order valence-corrected chi connectivity index (χ3v) is 4.39. The molecule has 10 nitrogen and oxygen atoms in total. The lowest BCUT2D eigenvalue weighted by Gasteiger charge is -2.40. The van der Waals surface area contributed by atoms with Gasteiger partial charge in [0.05, 0.1) is 25.0 Å². The van der Waals surface area contributed by atoms with Gasteiger partial charge in [0, 0.05) is 0 Å².